The standard InChI is InChI=1S/C12H10N6OS/c19-11-6-20-12(16-11)17-14-5-9-1-3-10(4-2-9)18-8-13-7-15-18/h1-5,7-8H,6H2,(H,16,17,19). The van der Waals surface area contributed by atoms with E-state index in [2.05, 4.69) is 25.6 Å². The molecule has 0 saturated carbocycles. The van der Waals surface area contributed by atoms with Gasteiger partial charge >= 0.3 is 0 Å². The molecule has 1 saturated heterocycles. The van der Waals surface area contributed by atoms with Gasteiger partial charge in [0.2, 0.25) is 5.91 Å². The first-order valence-electron chi connectivity index (χ1n) is 5.80. The van der Waals surface area contributed by atoms with Crippen LogP contribution in [0.5, 0.6) is 0 Å². The Bertz CT molecular complexity index is 662. The third-order valence-corrected chi connectivity index (χ3v) is 3.38. The van der Waals surface area contributed by atoms with E-state index in [9.17, 15) is 4.79 Å². The fraction of sp³-hybridized carbons (Fsp3) is 0.0833. The molecule has 7 nitrogen and oxygen atoms in total. The van der Waals surface area contributed by atoms with Crippen molar-refractivity contribution in [1.82, 2.24) is 20.1 Å². The minimum Gasteiger partial charge on any atom is -0.303 e. The van der Waals surface area contributed by atoms with Crippen molar-refractivity contribution in [3.63, 3.8) is 0 Å². The number of benzene rings is 1. The van der Waals surface area contributed by atoms with Crippen molar-refractivity contribution in [2.24, 2.45) is 10.2 Å². The highest BCUT2D eigenvalue weighted by Crippen LogP contribution is 2.09. The summed E-state index contributed by atoms with van der Waals surface area (Å²) in [7, 11) is 0. The molecule has 1 fully saturated rings. The quantitative estimate of drug-likeness (QED) is 0.668. The smallest absolute Gasteiger partial charge is 0.236 e. The molecule has 1 aromatic carbocycles. The van der Waals surface area contributed by atoms with Gasteiger partial charge in [0.15, 0.2) is 5.17 Å². The number of hydrogen-bond acceptors (Lipinski definition) is 6. The van der Waals surface area contributed by atoms with Crippen molar-refractivity contribution >= 4 is 29.1 Å². The Morgan fingerprint density at radius 1 is 1.35 bits per heavy atom. The zero-order valence-corrected chi connectivity index (χ0v) is 11.1. The third-order valence-electron chi connectivity index (χ3n) is 2.52. The maximum atomic E-state index is 11.0. The molecule has 0 aliphatic carbocycles. The van der Waals surface area contributed by atoms with Crippen molar-refractivity contribution in [3.8, 4) is 5.69 Å². The summed E-state index contributed by atoms with van der Waals surface area (Å²) in [6, 6.07) is 7.63. The minimum absolute atomic E-state index is 0.0406. The second kappa shape index (κ2) is 5.66. The number of rotatable bonds is 3. The van der Waals surface area contributed by atoms with E-state index >= 15 is 0 Å². The van der Waals surface area contributed by atoms with Crippen molar-refractivity contribution in [2.45, 2.75) is 0 Å². The third kappa shape index (κ3) is 2.91. The predicted molar refractivity (Wildman–Crippen MR) is 77.0 cm³/mol. The summed E-state index contributed by atoms with van der Waals surface area (Å²) in [5.41, 5.74) is 1.83. The van der Waals surface area contributed by atoms with Gasteiger partial charge in [-0.2, -0.15) is 10.2 Å². The fourth-order valence-corrected chi connectivity index (χ4v) is 2.21. The molecule has 8 heteroatoms. The Morgan fingerprint density at radius 2 is 2.20 bits per heavy atom. The summed E-state index contributed by atoms with van der Waals surface area (Å²) in [5, 5.41) is 15.1. The van der Waals surface area contributed by atoms with Crippen LogP contribution in [0.2, 0.25) is 0 Å². The second-order valence-electron chi connectivity index (χ2n) is 3.92. The van der Waals surface area contributed by atoms with Gasteiger partial charge in [-0.25, -0.2) is 9.67 Å². The first kappa shape index (κ1) is 12.5. The summed E-state index contributed by atoms with van der Waals surface area (Å²) in [5.74, 6) is 0.363. The molecule has 2 heterocycles. The van der Waals surface area contributed by atoms with Gasteiger partial charge in [0.05, 0.1) is 17.7 Å². The molecule has 0 spiro atoms. The Labute approximate surface area is 118 Å². The van der Waals surface area contributed by atoms with Gasteiger partial charge in [-0.3, -0.25) is 4.79 Å². The van der Waals surface area contributed by atoms with E-state index in [1.54, 1.807) is 17.2 Å². The molecule has 1 amide bonds. The highest BCUT2D eigenvalue weighted by atomic mass is 32.2. The van der Waals surface area contributed by atoms with E-state index in [-0.39, 0.29) is 5.91 Å². The molecule has 0 bridgehead atoms. The maximum absolute atomic E-state index is 11.0. The lowest BCUT2D eigenvalue weighted by Crippen LogP contribution is -2.19. The molecule has 3 rings (SSSR count). The van der Waals surface area contributed by atoms with E-state index in [1.165, 1.54) is 18.1 Å². The van der Waals surface area contributed by atoms with Crippen LogP contribution in [0.1, 0.15) is 5.56 Å². The van der Waals surface area contributed by atoms with E-state index in [4.69, 9.17) is 0 Å². The molecular weight excluding hydrogens is 276 g/mol. The number of nitrogens with one attached hydrogen (secondary N) is 1. The van der Waals surface area contributed by atoms with Crippen LogP contribution in [0.15, 0.2) is 47.1 Å². The summed E-state index contributed by atoms with van der Waals surface area (Å²) in [4.78, 5) is 14.9. The minimum atomic E-state index is -0.0406. The molecule has 0 atom stereocenters. The van der Waals surface area contributed by atoms with Crippen LogP contribution in [0.4, 0.5) is 0 Å². The number of aromatic nitrogens is 3. The number of amides is 1. The molecule has 2 aromatic rings. The second-order valence-corrected chi connectivity index (χ2v) is 4.88. The molecule has 1 N–H and O–H groups in total. The van der Waals surface area contributed by atoms with Crippen LogP contribution in [0.25, 0.3) is 5.69 Å². The van der Waals surface area contributed by atoms with Crippen molar-refractivity contribution in [3.05, 3.63) is 42.5 Å². The predicted octanol–water partition coefficient (Wildman–Crippen LogP) is 0.820. The van der Waals surface area contributed by atoms with Crippen LogP contribution in [-0.2, 0) is 4.79 Å². The van der Waals surface area contributed by atoms with E-state index in [1.807, 2.05) is 24.3 Å². The Balaban J connectivity index is 1.68. The van der Waals surface area contributed by atoms with Crippen LogP contribution in [0, 0.1) is 0 Å². The Hall–Kier alpha value is -2.48. The van der Waals surface area contributed by atoms with Crippen LogP contribution < -0.4 is 5.32 Å². The zero-order chi connectivity index (χ0) is 13.8. The lowest BCUT2D eigenvalue weighted by molar-refractivity contribution is -0.116. The normalized spacial score (nSPS) is 17.0. The van der Waals surface area contributed by atoms with Gasteiger partial charge in [0.1, 0.15) is 12.7 Å². The number of amidine groups is 1. The lowest BCUT2D eigenvalue weighted by atomic mass is 10.2. The summed E-state index contributed by atoms with van der Waals surface area (Å²) in [6.07, 6.45) is 4.75. The number of carbonyl (C=O) groups excluding carboxylic acids is 1. The summed E-state index contributed by atoms with van der Waals surface area (Å²) >= 11 is 1.34. The molecule has 0 unspecified atom stereocenters. The first-order chi connectivity index (χ1) is 9.81. The molecule has 0 radical (unpaired) electrons. The number of thioether (sulfide) groups is 1. The monoisotopic (exact) mass is 286 g/mol. The van der Waals surface area contributed by atoms with Gasteiger partial charge in [0.25, 0.3) is 0 Å². The van der Waals surface area contributed by atoms with Gasteiger partial charge in [0, 0.05) is 0 Å². The number of hydrogen-bond donors (Lipinski definition) is 1. The van der Waals surface area contributed by atoms with Crippen LogP contribution in [0.3, 0.4) is 0 Å². The lowest BCUT2D eigenvalue weighted by Gasteiger charge is -1.99. The largest absolute Gasteiger partial charge is 0.303 e. The molecule has 100 valence electrons. The molecule has 1 aliphatic heterocycles. The van der Waals surface area contributed by atoms with Gasteiger partial charge in [-0.1, -0.05) is 23.9 Å². The van der Waals surface area contributed by atoms with Gasteiger partial charge < -0.3 is 5.32 Å². The summed E-state index contributed by atoms with van der Waals surface area (Å²) < 4.78 is 1.67. The van der Waals surface area contributed by atoms with Gasteiger partial charge in [-0.15, -0.1) is 5.10 Å². The van der Waals surface area contributed by atoms with Gasteiger partial charge in [-0.05, 0) is 17.7 Å². The van der Waals surface area contributed by atoms with Crippen molar-refractivity contribution in [2.75, 3.05) is 5.75 Å². The van der Waals surface area contributed by atoms with E-state index in [0.717, 1.165) is 11.3 Å². The number of carbonyl (C=O) groups is 1. The fourth-order valence-electron chi connectivity index (χ4n) is 1.58. The average Bonchev–Trinajstić information content (AvgIpc) is 3.11. The molecule has 1 aliphatic rings. The summed E-state index contributed by atoms with van der Waals surface area (Å²) in [6.45, 7) is 0. The molecule has 20 heavy (non-hydrogen) atoms. The Morgan fingerprint density at radius 3 is 2.85 bits per heavy atom. The Kier molecular flexibility index (Phi) is 3.55. The first-order valence-corrected chi connectivity index (χ1v) is 6.78. The highest BCUT2D eigenvalue weighted by Gasteiger charge is 2.15. The topological polar surface area (TPSA) is 84.5 Å². The van der Waals surface area contributed by atoms with E-state index in [0.29, 0.717) is 10.9 Å². The van der Waals surface area contributed by atoms with Crippen molar-refractivity contribution in [1.29, 1.82) is 0 Å². The molecule has 1 aromatic heterocycles. The maximum Gasteiger partial charge on any atom is 0.236 e. The van der Waals surface area contributed by atoms with Crippen LogP contribution >= 0.6 is 11.8 Å². The highest BCUT2D eigenvalue weighted by molar-refractivity contribution is 8.15. The van der Waals surface area contributed by atoms with Crippen molar-refractivity contribution < 1.29 is 4.79 Å². The number of nitrogens with zero attached hydrogens (tertiary/aromatic N) is 5. The van der Waals surface area contributed by atoms with E-state index < -0.39 is 0 Å². The average molecular weight is 286 g/mol. The van der Waals surface area contributed by atoms with Crippen LogP contribution in [-0.4, -0.2) is 37.8 Å². The SMILES string of the molecule is O=C1CSC(=NN=Cc2ccc(-n3cncn3)cc2)N1. The zero-order valence-electron chi connectivity index (χ0n) is 10.3. The molecular formula is C12H10N6OS.